The Balaban J connectivity index is 2.15. The van der Waals surface area contributed by atoms with Gasteiger partial charge in [-0.05, 0) is 28.8 Å². The normalized spacial score (nSPS) is 23.4. The van der Waals surface area contributed by atoms with Crippen molar-refractivity contribution in [2.45, 2.75) is 42.7 Å². The molecule has 2 atom stereocenters. The zero-order valence-electron chi connectivity index (χ0n) is 10.7. The molecule has 110 valence electrons. The van der Waals surface area contributed by atoms with Crippen LogP contribution in [0.2, 0.25) is 0 Å². The van der Waals surface area contributed by atoms with Crippen molar-refractivity contribution in [3.63, 3.8) is 0 Å². The van der Waals surface area contributed by atoms with Gasteiger partial charge >= 0.3 is 5.82 Å². The van der Waals surface area contributed by atoms with Gasteiger partial charge in [-0.1, -0.05) is 12.8 Å². The lowest BCUT2D eigenvalue weighted by Gasteiger charge is -2.28. The molecule has 8 nitrogen and oxygen atoms in total. The van der Waals surface area contributed by atoms with Gasteiger partial charge in [-0.2, -0.15) is 0 Å². The lowest BCUT2D eigenvalue weighted by Crippen LogP contribution is -2.49. The van der Waals surface area contributed by atoms with Crippen molar-refractivity contribution in [1.29, 1.82) is 0 Å². The molecule has 0 spiro atoms. The van der Waals surface area contributed by atoms with Crippen LogP contribution in [0.4, 0.5) is 5.82 Å². The highest BCUT2D eigenvalue weighted by atomic mass is 32.2. The lowest BCUT2D eigenvalue weighted by molar-refractivity contribution is -0.389. The number of nitro groups is 1. The van der Waals surface area contributed by atoms with Crippen molar-refractivity contribution in [3.05, 3.63) is 28.4 Å². The van der Waals surface area contributed by atoms with Gasteiger partial charge < -0.3 is 15.8 Å². The van der Waals surface area contributed by atoms with E-state index in [1.54, 1.807) is 0 Å². The van der Waals surface area contributed by atoms with E-state index in [-0.39, 0.29) is 17.0 Å². The second-order valence-corrected chi connectivity index (χ2v) is 6.50. The highest BCUT2D eigenvalue weighted by Crippen LogP contribution is 2.19. The monoisotopic (exact) mass is 300 g/mol. The zero-order chi connectivity index (χ0) is 14.8. The lowest BCUT2D eigenvalue weighted by atomic mass is 9.92. The maximum atomic E-state index is 12.2. The Morgan fingerprint density at radius 1 is 1.35 bits per heavy atom. The summed E-state index contributed by atoms with van der Waals surface area (Å²) in [7, 11) is -3.75. The first kappa shape index (κ1) is 14.8. The predicted molar refractivity (Wildman–Crippen MR) is 71.4 cm³/mol. The van der Waals surface area contributed by atoms with Crippen molar-refractivity contribution in [1.82, 2.24) is 9.71 Å². The summed E-state index contributed by atoms with van der Waals surface area (Å²) in [6.07, 6.45) is 4.39. The fraction of sp³-hybridized carbons (Fsp3) is 0.545. The number of sulfonamides is 1. The third kappa shape index (κ3) is 3.30. The van der Waals surface area contributed by atoms with Gasteiger partial charge in [-0.15, -0.1) is 0 Å². The van der Waals surface area contributed by atoms with E-state index < -0.39 is 20.8 Å². The summed E-state index contributed by atoms with van der Waals surface area (Å²) in [4.78, 5) is 13.2. The first-order valence-electron chi connectivity index (χ1n) is 6.28. The molecule has 1 aromatic rings. The van der Waals surface area contributed by atoms with Crippen LogP contribution in [0.3, 0.4) is 0 Å². The quantitative estimate of drug-likeness (QED) is 0.616. The Hall–Kier alpha value is -1.58. The van der Waals surface area contributed by atoms with E-state index in [9.17, 15) is 18.5 Å². The van der Waals surface area contributed by atoms with Crippen LogP contribution in [0.1, 0.15) is 25.7 Å². The van der Waals surface area contributed by atoms with Crippen LogP contribution in [-0.4, -0.2) is 30.4 Å². The molecular weight excluding hydrogens is 284 g/mol. The highest BCUT2D eigenvalue weighted by Gasteiger charge is 2.28. The highest BCUT2D eigenvalue weighted by molar-refractivity contribution is 7.89. The molecule has 20 heavy (non-hydrogen) atoms. The minimum absolute atomic E-state index is 0.0964. The molecule has 0 amide bonds. The zero-order valence-corrected chi connectivity index (χ0v) is 11.5. The molecule has 9 heteroatoms. The summed E-state index contributed by atoms with van der Waals surface area (Å²) < 4.78 is 26.8. The van der Waals surface area contributed by atoms with Gasteiger partial charge in [0.15, 0.2) is 6.20 Å². The molecule has 2 unspecified atom stereocenters. The van der Waals surface area contributed by atoms with Gasteiger partial charge in [0, 0.05) is 18.2 Å². The fourth-order valence-electron chi connectivity index (χ4n) is 2.21. The second-order valence-electron chi connectivity index (χ2n) is 4.79. The van der Waals surface area contributed by atoms with Crippen LogP contribution >= 0.6 is 0 Å². The summed E-state index contributed by atoms with van der Waals surface area (Å²) in [5.41, 5.74) is 5.90. The summed E-state index contributed by atoms with van der Waals surface area (Å²) >= 11 is 0. The second kappa shape index (κ2) is 5.81. The minimum atomic E-state index is -3.75. The Labute approximate surface area is 116 Å². The number of pyridine rings is 1. The van der Waals surface area contributed by atoms with E-state index in [2.05, 4.69) is 9.71 Å². The van der Waals surface area contributed by atoms with Crippen LogP contribution in [0.15, 0.2) is 23.2 Å². The van der Waals surface area contributed by atoms with Crippen LogP contribution in [-0.2, 0) is 10.0 Å². The molecule has 0 aliphatic heterocycles. The molecule has 1 saturated carbocycles. The SMILES string of the molecule is NC1CCCCC1NS(=O)(=O)c1ccc([N+](=O)[O-])nc1. The number of nitrogens with zero attached hydrogens (tertiary/aromatic N) is 2. The number of nitrogens with one attached hydrogen (secondary N) is 1. The van der Waals surface area contributed by atoms with Crippen LogP contribution in [0, 0.1) is 10.1 Å². The molecule has 1 fully saturated rings. The summed E-state index contributed by atoms with van der Waals surface area (Å²) in [6, 6.07) is 1.73. The number of rotatable bonds is 4. The van der Waals surface area contributed by atoms with E-state index in [4.69, 9.17) is 5.73 Å². The largest absolute Gasteiger partial charge is 0.363 e. The van der Waals surface area contributed by atoms with Crippen molar-refractivity contribution >= 4 is 15.8 Å². The van der Waals surface area contributed by atoms with Crippen LogP contribution in [0.5, 0.6) is 0 Å². The first-order valence-corrected chi connectivity index (χ1v) is 7.77. The molecule has 0 aromatic carbocycles. The number of aromatic nitrogens is 1. The molecule has 1 aliphatic carbocycles. The Bertz CT molecular complexity index is 587. The van der Waals surface area contributed by atoms with E-state index in [1.165, 1.54) is 6.07 Å². The van der Waals surface area contributed by atoms with E-state index in [0.717, 1.165) is 31.5 Å². The third-order valence-corrected chi connectivity index (χ3v) is 4.82. The molecule has 0 saturated heterocycles. The number of hydrogen-bond acceptors (Lipinski definition) is 6. The van der Waals surface area contributed by atoms with Crippen molar-refractivity contribution in [2.75, 3.05) is 0 Å². The number of hydrogen-bond donors (Lipinski definition) is 2. The van der Waals surface area contributed by atoms with Gasteiger partial charge in [-0.3, -0.25) is 0 Å². The van der Waals surface area contributed by atoms with Gasteiger partial charge in [0.1, 0.15) is 4.90 Å². The molecule has 3 N–H and O–H groups in total. The van der Waals surface area contributed by atoms with Gasteiger partial charge in [-0.25, -0.2) is 13.1 Å². The minimum Gasteiger partial charge on any atom is -0.358 e. The number of nitrogens with two attached hydrogens (primary N) is 1. The summed E-state index contributed by atoms with van der Waals surface area (Å²) in [6.45, 7) is 0. The maximum Gasteiger partial charge on any atom is 0.363 e. The van der Waals surface area contributed by atoms with E-state index >= 15 is 0 Å². The molecule has 1 aliphatic rings. The average Bonchev–Trinajstić information content (AvgIpc) is 2.41. The van der Waals surface area contributed by atoms with E-state index in [0.29, 0.717) is 6.42 Å². The Morgan fingerprint density at radius 3 is 2.60 bits per heavy atom. The smallest absolute Gasteiger partial charge is 0.358 e. The first-order chi connectivity index (χ1) is 9.40. The molecular formula is C11H16N4O4S. The molecule has 0 radical (unpaired) electrons. The maximum absolute atomic E-state index is 12.2. The summed E-state index contributed by atoms with van der Waals surface area (Å²) in [5.74, 6) is -0.390. The standard InChI is InChI=1S/C11H16N4O4S/c12-9-3-1-2-4-10(9)14-20(18,19)8-5-6-11(13-7-8)15(16)17/h5-7,9-10,14H,1-4,12H2. The Kier molecular flexibility index (Phi) is 4.31. The van der Waals surface area contributed by atoms with Gasteiger partial charge in [0.2, 0.25) is 10.0 Å². The van der Waals surface area contributed by atoms with Crippen molar-refractivity contribution < 1.29 is 13.3 Å². The fourth-order valence-corrected chi connectivity index (χ4v) is 3.48. The van der Waals surface area contributed by atoms with E-state index in [1.807, 2.05) is 0 Å². The predicted octanol–water partition coefficient (Wildman–Crippen LogP) is 0.538. The van der Waals surface area contributed by atoms with Crippen molar-refractivity contribution in [2.24, 2.45) is 5.73 Å². The molecule has 0 bridgehead atoms. The van der Waals surface area contributed by atoms with Gasteiger partial charge in [0.05, 0.1) is 0 Å². The topological polar surface area (TPSA) is 128 Å². The Morgan fingerprint density at radius 2 is 2.05 bits per heavy atom. The van der Waals surface area contributed by atoms with Gasteiger partial charge in [0.25, 0.3) is 0 Å². The molecule has 2 rings (SSSR count). The summed E-state index contributed by atoms with van der Waals surface area (Å²) in [5, 5.41) is 10.5. The van der Waals surface area contributed by atoms with Crippen molar-refractivity contribution in [3.8, 4) is 0 Å². The van der Waals surface area contributed by atoms with Crippen LogP contribution < -0.4 is 10.5 Å². The molecule has 1 heterocycles. The molecule has 1 aromatic heterocycles. The third-order valence-electron chi connectivity index (χ3n) is 3.34. The van der Waals surface area contributed by atoms with Crippen LogP contribution in [0.25, 0.3) is 0 Å². The average molecular weight is 300 g/mol.